The van der Waals surface area contributed by atoms with Gasteiger partial charge in [-0.15, -0.1) is 0 Å². The average molecular weight is 390 g/mol. The number of carbonyl (C=O) groups excluding carboxylic acids is 1. The molecule has 1 saturated heterocycles. The Bertz CT molecular complexity index is 934. The number of aryl methyl sites for hydroxylation is 1. The molecular weight excluding hydrogens is 364 g/mol. The lowest BCUT2D eigenvalue weighted by molar-refractivity contribution is -0.134. The fourth-order valence-corrected chi connectivity index (χ4v) is 3.67. The van der Waals surface area contributed by atoms with E-state index in [1.54, 1.807) is 0 Å². The molecule has 0 radical (unpaired) electrons. The number of rotatable bonds is 6. The maximum absolute atomic E-state index is 12.6. The molecule has 5 nitrogen and oxygen atoms in total. The molecule has 0 aliphatic carbocycles. The minimum absolute atomic E-state index is 0.00587. The first kappa shape index (κ1) is 19.2. The fraction of sp³-hybridized carbons (Fsp3) is 0.333. The molecule has 150 valence electrons. The van der Waals surface area contributed by atoms with Crippen LogP contribution in [0.5, 0.6) is 5.75 Å². The third-order valence-corrected chi connectivity index (χ3v) is 5.30. The first-order chi connectivity index (χ1) is 14.2. The summed E-state index contributed by atoms with van der Waals surface area (Å²) in [6.45, 7) is 3.46. The van der Waals surface area contributed by atoms with Crippen LogP contribution in [0.4, 0.5) is 0 Å². The van der Waals surface area contributed by atoms with E-state index in [1.807, 2.05) is 60.5 Å². The van der Waals surface area contributed by atoms with Gasteiger partial charge in [0.2, 0.25) is 0 Å². The molecule has 1 aliphatic heterocycles. The number of oxazole rings is 1. The highest BCUT2D eigenvalue weighted by Gasteiger charge is 2.28. The van der Waals surface area contributed by atoms with Crippen LogP contribution in [0.3, 0.4) is 0 Å². The molecule has 2 heterocycles. The van der Waals surface area contributed by atoms with E-state index in [2.05, 4.69) is 17.1 Å². The van der Waals surface area contributed by atoms with E-state index >= 15 is 0 Å². The molecule has 2 aromatic carbocycles. The third-order valence-electron chi connectivity index (χ3n) is 5.30. The van der Waals surface area contributed by atoms with Gasteiger partial charge in [0.05, 0.1) is 12.1 Å². The van der Waals surface area contributed by atoms with Gasteiger partial charge in [-0.05, 0) is 37.5 Å². The molecule has 1 aliphatic rings. The summed E-state index contributed by atoms with van der Waals surface area (Å²) < 4.78 is 11.7. The number of ether oxygens (including phenoxy) is 1. The van der Waals surface area contributed by atoms with Crippen LogP contribution >= 0.6 is 0 Å². The number of likely N-dealkylation sites (tertiary alicyclic amines) is 1. The Hall–Kier alpha value is -3.08. The Morgan fingerprint density at radius 1 is 1.17 bits per heavy atom. The minimum atomic E-state index is 0.00587. The predicted octanol–water partition coefficient (Wildman–Crippen LogP) is 4.36. The number of amides is 1. The molecular formula is C24H26N2O3. The monoisotopic (exact) mass is 390 g/mol. The summed E-state index contributed by atoms with van der Waals surface area (Å²) >= 11 is 0. The van der Waals surface area contributed by atoms with Gasteiger partial charge in [-0.2, -0.15) is 0 Å². The van der Waals surface area contributed by atoms with Crippen LogP contribution in [0, 0.1) is 6.92 Å². The van der Waals surface area contributed by atoms with Crippen LogP contribution in [0.15, 0.2) is 65.2 Å². The molecule has 0 spiro atoms. The summed E-state index contributed by atoms with van der Waals surface area (Å²) in [6, 6.07) is 18.0. The van der Waals surface area contributed by atoms with Crippen LogP contribution < -0.4 is 4.74 Å². The molecule has 4 rings (SSSR count). The quantitative estimate of drug-likeness (QED) is 0.628. The zero-order chi connectivity index (χ0) is 20.1. The summed E-state index contributed by atoms with van der Waals surface area (Å²) in [4.78, 5) is 19.0. The van der Waals surface area contributed by atoms with Gasteiger partial charge in [-0.1, -0.05) is 48.0 Å². The maximum atomic E-state index is 12.6. The summed E-state index contributed by atoms with van der Waals surface area (Å²) in [6.07, 6.45) is 4.46. The number of hydrogen-bond donors (Lipinski definition) is 0. The first-order valence-electron chi connectivity index (χ1n) is 10.1. The number of hydrogen-bond acceptors (Lipinski definition) is 4. The van der Waals surface area contributed by atoms with Crippen LogP contribution in [-0.2, 0) is 11.2 Å². The number of nitrogens with zero attached hydrogens (tertiary/aromatic N) is 2. The standard InChI is InChI=1S/C24H26N2O3/c1-18-9-11-21(12-10-18)28-17-23(27)26-13-5-8-20(16-26)24-25-15-22(29-24)14-19-6-3-2-4-7-19/h2-4,6-7,9-12,15,20H,5,8,13-14,16-17H2,1H3/t20-/m1/s1. The van der Waals surface area contributed by atoms with Crippen molar-refractivity contribution in [2.45, 2.75) is 32.1 Å². The summed E-state index contributed by atoms with van der Waals surface area (Å²) in [5, 5.41) is 0. The predicted molar refractivity (Wildman–Crippen MR) is 111 cm³/mol. The SMILES string of the molecule is Cc1ccc(OCC(=O)N2CCC[C@@H](c3ncc(Cc4ccccc4)o3)C2)cc1. The lowest BCUT2D eigenvalue weighted by Gasteiger charge is -2.31. The molecule has 0 bridgehead atoms. The van der Waals surface area contributed by atoms with Gasteiger partial charge in [-0.3, -0.25) is 4.79 Å². The van der Waals surface area contributed by atoms with Crippen molar-refractivity contribution < 1.29 is 13.9 Å². The van der Waals surface area contributed by atoms with Crippen molar-refractivity contribution in [3.63, 3.8) is 0 Å². The van der Waals surface area contributed by atoms with E-state index < -0.39 is 0 Å². The molecule has 5 heteroatoms. The average Bonchev–Trinajstić information content (AvgIpc) is 3.22. The van der Waals surface area contributed by atoms with Crippen molar-refractivity contribution in [3.05, 3.63) is 83.6 Å². The second-order valence-electron chi connectivity index (χ2n) is 7.61. The van der Waals surface area contributed by atoms with E-state index in [9.17, 15) is 4.79 Å². The van der Waals surface area contributed by atoms with E-state index in [0.29, 0.717) is 6.54 Å². The Kier molecular flexibility index (Phi) is 5.94. The van der Waals surface area contributed by atoms with Gasteiger partial charge in [0.15, 0.2) is 12.5 Å². The van der Waals surface area contributed by atoms with Crippen molar-refractivity contribution in [2.24, 2.45) is 0 Å². The molecule has 3 aromatic rings. The fourth-order valence-electron chi connectivity index (χ4n) is 3.67. The molecule has 1 atom stereocenters. The highest BCUT2D eigenvalue weighted by molar-refractivity contribution is 5.78. The van der Waals surface area contributed by atoms with Crippen molar-refractivity contribution >= 4 is 5.91 Å². The lowest BCUT2D eigenvalue weighted by Crippen LogP contribution is -2.41. The normalized spacial score (nSPS) is 16.6. The second-order valence-corrected chi connectivity index (χ2v) is 7.61. The smallest absolute Gasteiger partial charge is 0.260 e. The molecule has 0 saturated carbocycles. The zero-order valence-corrected chi connectivity index (χ0v) is 16.7. The first-order valence-corrected chi connectivity index (χ1v) is 10.1. The largest absolute Gasteiger partial charge is 0.484 e. The van der Waals surface area contributed by atoms with Gasteiger partial charge >= 0.3 is 0 Å². The van der Waals surface area contributed by atoms with E-state index in [1.165, 1.54) is 11.1 Å². The second kappa shape index (κ2) is 8.95. The maximum Gasteiger partial charge on any atom is 0.260 e. The summed E-state index contributed by atoms with van der Waals surface area (Å²) in [7, 11) is 0. The Labute approximate surface area is 171 Å². The number of carbonyl (C=O) groups is 1. The molecule has 1 fully saturated rings. The number of piperidine rings is 1. The van der Waals surface area contributed by atoms with Crippen LogP contribution in [-0.4, -0.2) is 35.5 Å². The highest BCUT2D eigenvalue weighted by Crippen LogP contribution is 2.27. The minimum Gasteiger partial charge on any atom is -0.484 e. The van der Waals surface area contributed by atoms with E-state index in [4.69, 9.17) is 9.15 Å². The van der Waals surface area contributed by atoms with Crippen molar-refractivity contribution in [3.8, 4) is 5.75 Å². The number of aromatic nitrogens is 1. The Balaban J connectivity index is 1.33. The molecule has 0 N–H and O–H groups in total. The molecule has 1 aromatic heterocycles. The molecule has 29 heavy (non-hydrogen) atoms. The summed E-state index contributed by atoms with van der Waals surface area (Å²) in [5.74, 6) is 2.45. The van der Waals surface area contributed by atoms with Crippen molar-refractivity contribution in [2.75, 3.05) is 19.7 Å². The number of benzene rings is 2. The van der Waals surface area contributed by atoms with Gasteiger partial charge in [-0.25, -0.2) is 4.98 Å². The molecule has 1 amide bonds. The van der Waals surface area contributed by atoms with Gasteiger partial charge < -0.3 is 14.1 Å². The van der Waals surface area contributed by atoms with Crippen molar-refractivity contribution in [1.29, 1.82) is 0 Å². The summed E-state index contributed by atoms with van der Waals surface area (Å²) in [5.41, 5.74) is 2.36. The van der Waals surface area contributed by atoms with E-state index in [-0.39, 0.29) is 18.4 Å². The molecule has 0 unspecified atom stereocenters. The van der Waals surface area contributed by atoms with Crippen LogP contribution in [0.1, 0.15) is 41.5 Å². The topological polar surface area (TPSA) is 55.6 Å². The van der Waals surface area contributed by atoms with Crippen molar-refractivity contribution in [1.82, 2.24) is 9.88 Å². The van der Waals surface area contributed by atoms with Crippen LogP contribution in [0.25, 0.3) is 0 Å². The van der Waals surface area contributed by atoms with Gasteiger partial charge in [0, 0.05) is 19.5 Å². The van der Waals surface area contributed by atoms with Gasteiger partial charge in [0.25, 0.3) is 5.91 Å². The Morgan fingerprint density at radius 3 is 2.76 bits per heavy atom. The third kappa shape index (κ3) is 5.05. The lowest BCUT2D eigenvalue weighted by atomic mass is 9.98. The van der Waals surface area contributed by atoms with E-state index in [0.717, 1.165) is 43.2 Å². The Morgan fingerprint density at radius 2 is 1.97 bits per heavy atom. The highest BCUT2D eigenvalue weighted by atomic mass is 16.5. The van der Waals surface area contributed by atoms with Gasteiger partial charge in [0.1, 0.15) is 11.5 Å². The van der Waals surface area contributed by atoms with Crippen LogP contribution in [0.2, 0.25) is 0 Å². The zero-order valence-electron chi connectivity index (χ0n) is 16.7.